The highest BCUT2D eigenvalue weighted by Gasteiger charge is 2.27. The van der Waals surface area contributed by atoms with Crippen molar-refractivity contribution in [1.82, 2.24) is 9.55 Å². The van der Waals surface area contributed by atoms with Crippen LogP contribution >= 0.6 is 0 Å². The van der Waals surface area contributed by atoms with Crippen molar-refractivity contribution in [3.05, 3.63) is 28.4 Å². The molecule has 14 heavy (non-hydrogen) atoms. The lowest BCUT2D eigenvalue weighted by Gasteiger charge is -2.19. The first-order chi connectivity index (χ1) is 6.74. The second-order valence-electron chi connectivity index (χ2n) is 4.06. The number of aryl methyl sites for hydroxylation is 1. The molecule has 0 aromatic carbocycles. The van der Waals surface area contributed by atoms with Gasteiger partial charge < -0.3 is 0 Å². The Hall–Kier alpha value is -1.12. The van der Waals surface area contributed by atoms with E-state index < -0.39 is 0 Å². The van der Waals surface area contributed by atoms with Crippen LogP contribution in [0.25, 0.3) is 0 Å². The molecule has 3 nitrogen and oxygen atoms in total. The third-order valence-electron chi connectivity index (χ3n) is 3.25. The summed E-state index contributed by atoms with van der Waals surface area (Å²) >= 11 is 0. The number of nitrogens with zero attached hydrogens (tertiary/aromatic N) is 2. The molecule has 0 N–H and O–H groups in total. The molecular weight excluding hydrogens is 176 g/mol. The maximum atomic E-state index is 11.7. The van der Waals surface area contributed by atoms with Crippen LogP contribution in [0.4, 0.5) is 0 Å². The minimum absolute atomic E-state index is 0.109. The average molecular weight is 192 g/mol. The maximum absolute atomic E-state index is 11.7. The molecule has 0 aliphatic carbocycles. The average Bonchev–Trinajstić information content (AvgIpc) is 2.62. The Morgan fingerprint density at radius 2 is 2.50 bits per heavy atom. The van der Waals surface area contributed by atoms with Crippen LogP contribution in [0.3, 0.4) is 0 Å². The Labute approximate surface area is 83.8 Å². The van der Waals surface area contributed by atoms with Crippen molar-refractivity contribution in [2.75, 3.05) is 0 Å². The molecule has 2 atom stereocenters. The van der Waals surface area contributed by atoms with Gasteiger partial charge in [0.25, 0.3) is 5.56 Å². The van der Waals surface area contributed by atoms with E-state index in [0.29, 0.717) is 12.0 Å². The molecule has 0 spiro atoms. The van der Waals surface area contributed by atoms with E-state index in [9.17, 15) is 4.79 Å². The first kappa shape index (κ1) is 9.44. The zero-order valence-electron chi connectivity index (χ0n) is 8.73. The zero-order chi connectivity index (χ0) is 10.1. The van der Waals surface area contributed by atoms with Crippen LogP contribution in [0.1, 0.15) is 38.6 Å². The Morgan fingerprint density at radius 1 is 1.71 bits per heavy atom. The Bertz CT molecular complexity index is 383. The number of aromatic nitrogens is 2. The summed E-state index contributed by atoms with van der Waals surface area (Å²) in [5.41, 5.74) is 0.109. The van der Waals surface area contributed by atoms with E-state index in [4.69, 9.17) is 0 Å². The second kappa shape index (κ2) is 3.56. The third kappa shape index (κ3) is 1.37. The van der Waals surface area contributed by atoms with Gasteiger partial charge in [-0.25, -0.2) is 4.98 Å². The Balaban J connectivity index is 2.43. The van der Waals surface area contributed by atoms with E-state index in [1.807, 2.05) is 4.57 Å². The van der Waals surface area contributed by atoms with Gasteiger partial charge in [-0.3, -0.25) is 9.36 Å². The molecule has 1 aromatic heterocycles. The molecule has 0 bridgehead atoms. The fourth-order valence-electron chi connectivity index (χ4n) is 2.21. The van der Waals surface area contributed by atoms with Crippen LogP contribution in [-0.2, 0) is 6.42 Å². The van der Waals surface area contributed by atoms with Crippen molar-refractivity contribution in [3.8, 4) is 0 Å². The molecule has 1 aliphatic heterocycles. The molecule has 1 aromatic rings. The molecule has 0 amide bonds. The molecule has 3 heteroatoms. The number of rotatable bonds is 2. The van der Waals surface area contributed by atoms with Gasteiger partial charge in [0, 0.05) is 24.7 Å². The standard InChI is InChI=1S/C11H16N2O/c1-3-8(2)9-4-5-10-12-7-6-11(14)13(9)10/h6-9H,3-5H2,1-2H3. The van der Waals surface area contributed by atoms with Crippen molar-refractivity contribution >= 4 is 0 Å². The summed E-state index contributed by atoms with van der Waals surface area (Å²) in [6, 6.07) is 1.93. The van der Waals surface area contributed by atoms with E-state index in [0.717, 1.165) is 25.1 Å². The molecule has 0 saturated heterocycles. The van der Waals surface area contributed by atoms with Crippen molar-refractivity contribution in [3.63, 3.8) is 0 Å². The first-order valence-electron chi connectivity index (χ1n) is 5.30. The minimum atomic E-state index is 0.109. The van der Waals surface area contributed by atoms with Crippen LogP contribution in [0.15, 0.2) is 17.1 Å². The van der Waals surface area contributed by atoms with Crippen molar-refractivity contribution in [2.45, 2.75) is 39.2 Å². The Morgan fingerprint density at radius 3 is 3.21 bits per heavy atom. The highest BCUT2D eigenvalue weighted by molar-refractivity contribution is 5.02. The van der Waals surface area contributed by atoms with E-state index in [2.05, 4.69) is 18.8 Å². The smallest absolute Gasteiger partial charge is 0.253 e. The summed E-state index contributed by atoms with van der Waals surface area (Å²) < 4.78 is 1.88. The van der Waals surface area contributed by atoms with Crippen LogP contribution in [0.2, 0.25) is 0 Å². The van der Waals surface area contributed by atoms with Gasteiger partial charge in [-0.15, -0.1) is 0 Å². The fourth-order valence-corrected chi connectivity index (χ4v) is 2.21. The monoisotopic (exact) mass is 192 g/mol. The van der Waals surface area contributed by atoms with Gasteiger partial charge in [-0.1, -0.05) is 20.3 Å². The SMILES string of the molecule is CCC(C)C1CCc2nccc(=O)n21. The minimum Gasteiger partial charge on any atom is -0.293 e. The van der Waals surface area contributed by atoms with Crippen molar-refractivity contribution < 1.29 is 0 Å². The Kier molecular flexibility index (Phi) is 2.40. The highest BCUT2D eigenvalue weighted by atomic mass is 16.1. The normalized spacial score (nSPS) is 22.0. The lowest BCUT2D eigenvalue weighted by molar-refractivity contribution is 0.349. The number of hydrogen-bond acceptors (Lipinski definition) is 2. The van der Waals surface area contributed by atoms with Crippen LogP contribution in [-0.4, -0.2) is 9.55 Å². The summed E-state index contributed by atoms with van der Waals surface area (Å²) in [5, 5.41) is 0. The summed E-state index contributed by atoms with van der Waals surface area (Å²) in [4.78, 5) is 15.9. The summed E-state index contributed by atoms with van der Waals surface area (Å²) in [6.07, 6.45) is 4.75. The fraction of sp³-hybridized carbons (Fsp3) is 0.636. The van der Waals surface area contributed by atoms with Crippen LogP contribution in [0, 0.1) is 5.92 Å². The van der Waals surface area contributed by atoms with Crippen LogP contribution in [0.5, 0.6) is 0 Å². The molecule has 2 heterocycles. The molecule has 0 radical (unpaired) electrons. The van der Waals surface area contributed by atoms with Gasteiger partial charge in [-0.2, -0.15) is 0 Å². The van der Waals surface area contributed by atoms with E-state index in [-0.39, 0.29) is 5.56 Å². The molecular formula is C11H16N2O. The summed E-state index contributed by atoms with van der Waals surface area (Å²) in [5.74, 6) is 1.53. The molecule has 1 aliphatic rings. The number of hydrogen-bond donors (Lipinski definition) is 0. The highest BCUT2D eigenvalue weighted by Crippen LogP contribution is 2.30. The van der Waals surface area contributed by atoms with Crippen molar-refractivity contribution in [2.24, 2.45) is 5.92 Å². The predicted molar refractivity (Wildman–Crippen MR) is 55.3 cm³/mol. The molecule has 0 saturated carbocycles. The van der Waals surface area contributed by atoms with E-state index in [1.54, 1.807) is 12.3 Å². The largest absolute Gasteiger partial charge is 0.293 e. The van der Waals surface area contributed by atoms with Gasteiger partial charge >= 0.3 is 0 Å². The first-order valence-corrected chi connectivity index (χ1v) is 5.30. The van der Waals surface area contributed by atoms with Gasteiger partial charge in [0.15, 0.2) is 0 Å². The van der Waals surface area contributed by atoms with Crippen molar-refractivity contribution in [1.29, 1.82) is 0 Å². The summed E-state index contributed by atoms with van der Waals surface area (Å²) in [6.45, 7) is 4.38. The third-order valence-corrected chi connectivity index (χ3v) is 3.25. The lowest BCUT2D eigenvalue weighted by Crippen LogP contribution is -2.26. The molecule has 0 fully saturated rings. The van der Waals surface area contributed by atoms with Gasteiger partial charge in [0.05, 0.1) is 0 Å². The topological polar surface area (TPSA) is 34.9 Å². The molecule has 2 rings (SSSR count). The quantitative estimate of drug-likeness (QED) is 0.716. The summed E-state index contributed by atoms with van der Waals surface area (Å²) in [7, 11) is 0. The van der Waals surface area contributed by atoms with E-state index in [1.165, 1.54) is 0 Å². The lowest BCUT2D eigenvalue weighted by atomic mass is 9.97. The second-order valence-corrected chi connectivity index (χ2v) is 4.06. The van der Waals surface area contributed by atoms with Gasteiger partial charge in [-0.05, 0) is 12.3 Å². The predicted octanol–water partition coefficient (Wildman–Crippen LogP) is 1.78. The molecule has 2 unspecified atom stereocenters. The molecule has 76 valence electrons. The van der Waals surface area contributed by atoms with Gasteiger partial charge in [0.2, 0.25) is 0 Å². The van der Waals surface area contributed by atoms with Gasteiger partial charge in [0.1, 0.15) is 5.82 Å². The maximum Gasteiger partial charge on any atom is 0.253 e. The van der Waals surface area contributed by atoms with Crippen LogP contribution < -0.4 is 5.56 Å². The number of fused-ring (bicyclic) bond motifs is 1. The zero-order valence-corrected chi connectivity index (χ0v) is 8.73. The van der Waals surface area contributed by atoms with E-state index >= 15 is 0 Å².